The fourth-order valence-electron chi connectivity index (χ4n) is 2.71. The van der Waals surface area contributed by atoms with Crippen molar-refractivity contribution < 1.29 is 44.7 Å². The Bertz CT molecular complexity index is 950. The molecule has 0 amide bonds. The van der Waals surface area contributed by atoms with Crippen LogP contribution in [0.1, 0.15) is 29.2 Å². The lowest BCUT2D eigenvalue weighted by Gasteiger charge is -2.14. The van der Waals surface area contributed by atoms with Gasteiger partial charge in [-0.3, -0.25) is 9.59 Å². The molecule has 0 bridgehead atoms. The summed E-state index contributed by atoms with van der Waals surface area (Å²) >= 11 is 0. The predicted octanol–water partition coefficient (Wildman–Crippen LogP) is 4.89. The lowest BCUT2D eigenvalue weighted by Crippen LogP contribution is -2.19. The number of Topliss-reactive ketones (excluding diaryl/α,β-unsaturated/α-hetero) is 2. The monoisotopic (exact) mass is 424 g/mol. The van der Waals surface area contributed by atoms with Gasteiger partial charge in [0, 0.05) is 24.8 Å². The number of hydrogen-bond acceptors (Lipinski definition) is 2. The normalized spacial score (nSPS) is 11.6. The van der Waals surface area contributed by atoms with E-state index in [0.717, 1.165) is 12.1 Å². The first-order valence-corrected chi connectivity index (χ1v) is 8.03. The second kappa shape index (κ2) is 8.30. The molecule has 2 aromatic rings. The molecule has 2 rings (SSSR count). The molecular formula is C19H12F8O2. The van der Waals surface area contributed by atoms with Crippen LogP contribution in [0.4, 0.5) is 35.1 Å². The molecule has 0 saturated carbocycles. The lowest BCUT2D eigenvalue weighted by atomic mass is 9.97. The maximum atomic E-state index is 13.9. The Kier molecular flexibility index (Phi) is 6.44. The summed E-state index contributed by atoms with van der Waals surface area (Å²) < 4.78 is 107. The molecular weight excluding hydrogens is 412 g/mol. The molecule has 0 saturated heterocycles. The van der Waals surface area contributed by atoms with Gasteiger partial charge in [0.15, 0.2) is 23.3 Å². The fraction of sp³-hybridized carbons (Fsp3) is 0.263. The van der Waals surface area contributed by atoms with Gasteiger partial charge in [-0.15, -0.1) is 0 Å². The summed E-state index contributed by atoms with van der Waals surface area (Å²) in [6, 6.07) is 3.40. The number of halogens is 8. The molecule has 0 aliphatic heterocycles. The minimum atomic E-state index is -5.70. The third-order valence-corrected chi connectivity index (χ3v) is 3.96. The number of rotatable bonds is 6. The van der Waals surface area contributed by atoms with Gasteiger partial charge >= 0.3 is 6.18 Å². The zero-order valence-corrected chi connectivity index (χ0v) is 14.7. The van der Waals surface area contributed by atoms with E-state index >= 15 is 0 Å². The van der Waals surface area contributed by atoms with Gasteiger partial charge in [-0.2, -0.15) is 13.2 Å². The Balaban J connectivity index is 2.34. The minimum absolute atomic E-state index is 0.0694. The van der Waals surface area contributed by atoms with Gasteiger partial charge in [0.05, 0.1) is 0 Å². The molecule has 10 heteroatoms. The van der Waals surface area contributed by atoms with Gasteiger partial charge in [-0.1, -0.05) is 12.1 Å². The quantitative estimate of drug-likeness (QED) is 0.489. The molecule has 29 heavy (non-hydrogen) atoms. The van der Waals surface area contributed by atoms with Gasteiger partial charge in [-0.25, -0.2) is 22.0 Å². The van der Waals surface area contributed by atoms with E-state index in [1.54, 1.807) is 0 Å². The van der Waals surface area contributed by atoms with Crippen LogP contribution in [0.2, 0.25) is 0 Å². The smallest absolute Gasteiger partial charge is 0.300 e. The van der Waals surface area contributed by atoms with Crippen LogP contribution in [0.15, 0.2) is 18.2 Å². The molecule has 0 atom stereocenters. The Morgan fingerprint density at radius 2 is 1.38 bits per heavy atom. The first kappa shape index (κ1) is 22.5. The fourth-order valence-corrected chi connectivity index (χ4v) is 2.71. The van der Waals surface area contributed by atoms with E-state index in [1.807, 2.05) is 0 Å². The molecule has 2 nitrogen and oxygen atoms in total. The van der Waals surface area contributed by atoms with Crippen LogP contribution in [0.5, 0.6) is 0 Å². The van der Waals surface area contributed by atoms with Crippen molar-refractivity contribution in [3.8, 4) is 0 Å². The topological polar surface area (TPSA) is 34.1 Å². The minimum Gasteiger partial charge on any atom is -0.300 e. The molecule has 156 valence electrons. The van der Waals surface area contributed by atoms with Crippen LogP contribution in [0.25, 0.3) is 0 Å². The average molecular weight is 424 g/mol. The zero-order chi connectivity index (χ0) is 22.1. The highest BCUT2D eigenvalue weighted by atomic mass is 19.4. The maximum absolute atomic E-state index is 13.9. The number of hydrogen-bond donors (Lipinski definition) is 0. The largest absolute Gasteiger partial charge is 0.422 e. The summed E-state index contributed by atoms with van der Waals surface area (Å²) in [7, 11) is 0. The third-order valence-electron chi connectivity index (χ3n) is 3.96. The van der Waals surface area contributed by atoms with E-state index < -0.39 is 65.0 Å². The summed E-state index contributed by atoms with van der Waals surface area (Å²) in [6.07, 6.45) is -7.83. The summed E-state index contributed by atoms with van der Waals surface area (Å²) in [5.41, 5.74) is -4.17. The zero-order valence-electron chi connectivity index (χ0n) is 14.7. The van der Waals surface area contributed by atoms with E-state index in [2.05, 4.69) is 0 Å². The van der Waals surface area contributed by atoms with Gasteiger partial charge in [0.2, 0.25) is 0 Å². The molecule has 0 spiro atoms. The van der Waals surface area contributed by atoms with Crippen molar-refractivity contribution in [1.82, 2.24) is 0 Å². The van der Waals surface area contributed by atoms with E-state index in [0.29, 0.717) is 5.56 Å². The van der Waals surface area contributed by atoms with Crippen molar-refractivity contribution in [3.05, 3.63) is 69.5 Å². The van der Waals surface area contributed by atoms with Crippen molar-refractivity contribution >= 4 is 11.6 Å². The highest BCUT2D eigenvalue weighted by molar-refractivity contribution is 5.83. The summed E-state index contributed by atoms with van der Waals surface area (Å²) in [5.74, 6) is -12.3. The number of carbonyl (C=O) groups is 2. The number of ketones is 2. The predicted molar refractivity (Wildman–Crippen MR) is 84.5 cm³/mol. The molecule has 0 heterocycles. The average Bonchev–Trinajstić information content (AvgIpc) is 2.58. The van der Waals surface area contributed by atoms with Crippen molar-refractivity contribution in [1.29, 1.82) is 0 Å². The Morgan fingerprint density at radius 1 is 0.828 bits per heavy atom. The molecule has 0 aliphatic carbocycles. The summed E-state index contributed by atoms with van der Waals surface area (Å²) in [6.45, 7) is 1.27. The first-order valence-electron chi connectivity index (χ1n) is 8.03. The molecule has 0 N–H and O–H groups in total. The van der Waals surface area contributed by atoms with Gasteiger partial charge < -0.3 is 0 Å². The first-order chi connectivity index (χ1) is 13.3. The van der Waals surface area contributed by atoms with Crippen molar-refractivity contribution in [2.24, 2.45) is 0 Å². The second-order valence-corrected chi connectivity index (χ2v) is 6.30. The van der Waals surface area contributed by atoms with Crippen LogP contribution in [0.3, 0.4) is 0 Å². The Morgan fingerprint density at radius 3 is 1.86 bits per heavy atom. The molecule has 2 aromatic carbocycles. The Labute approximate surface area is 159 Å². The molecule has 0 unspecified atom stereocenters. The maximum Gasteiger partial charge on any atom is 0.422 e. The van der Waals surface area contributed by atoms with Crippen LogP contribution in [-0.2, 0) is 35.0 Å². The van der Waals surface area contributed by atoms with Crippen LogP contribution < -0.4 is 0 Å². The van der Waals surface area contributed by atoms with E-state index in [9.17, 15) is 44.7 Å². The highest BCUT2D eigenvalue weighted by Gasteiger charge is 2.42. The van der Waals surface area contributed by atoms with E-state index in [1.165, 1.54) is 13.0 Å². The van der Waals surface area contributed by atoms with Crippen molar-refractivity contribution in [2.45, 2.75) is 32.4 Å². The van der Waals surface area contributed by atoms with E-state index in [4.69, 9.17) is 0 Å². The summed E-state index contributed by atoms with van der Waals surface area (Å²) in [4.78, 5) is 23.2. The standard InChI is InChI=1S/C19H12F8O2/c1-8(28)4-9-2-3-13(20)10(5-9)6-11(29)7-12-15(21)17(23)14(19(25,26)27)18(24)16(12)22/h2-3,5H,4,6-7H2,1H3. The second-order valence-electron chi connectivity index (χ2n) is 6.30. The molecule has 0 aliphatic rings. The van der Waals surface area contributed by atoms with Crippen LogP contribution >= 0.6 is 0 Å². The van der Waals surface area contributed by atoms with Crippen LogP contribution in [0, 0.1) is 29.1 Å². The summed E-state index contributed by atoms with van der Waals surface area (Å²) in [5, 5.41) is 0. The van der Waals surface area contributed by atoms with Gasteiger partial charge in [0.25, 0.3) is 0 Å². The van der Waals surface area contributed by atoms with Gasteiger partial charge in [-0.05, 0) is 24.1 Å². The van der Waals surface area contributed by atoms with Crippen molar-refractivity contribution in [3.63, 3.8) is 0 Å². The highest BCUT2D eigenvalue weighted by Crippen LogP contribution is 2.37. The number of alkyl halides is 3. The third kappa shape index (κ3) is 4.99. The number of carbonyl (C=O) groups excluding carboxylic acids is 2. The SMILES string of the molecule is CC(=O)Cc1ccc(F)c(CC(=O)Cc2c(F)c(F)c(C(F)(F)F)c(F)c2F)c1. The van der Waals surface area contributed by atoms with E-state index in [-0.39, 0.29) is 17.8 Å². The Hall–Kier alpha value is -2.78. The van der Waals surface area contributed by atoms with Crippen molar-refractivity contribution in [2.75, 3.05) is 0 Å². The molecule has 0 aromatic heterocycles. The molecule has 0 radical (unpaired) electrons. The van der Waals surface area contributed by atoms with Crippen LogP contribution in [-0.4, -0.2) is 11.6 Å². The van der Waals surface area contributed by atoms with Gasteiger partial charge in [0.1, 0.15) is 22.9 Å². The molecule has 0 fully saturated rings. The lowest BCUT2D eigenvalue weighted by molar-refractivity contribution is -0.143. The number of benzene rings is 2.